The van der Waals surface area contributed by atoms with E-state index < -0.39 is 11.9 Å². The molecule has 2 heterocycles. The van der Waals surface area contributed by atoms with Gasteiger partial charge in [-0.2, -0.15) is 0 Å². The first-order valence-electron chi connectivity index (χ1n) is 11.1. The fourth-order valence-electron chi connectivity index (χ4n) is 4.32. The summed E-state index contributed by atoms with van der Waals surface area (Å²) in [5.74, 6) is 0.410. The second-order valence-corrected chi connectivity index (χ2v) is 9.13. The summed E-state index contributed by atoms with van der Waals surface area (Å²) in [6.07, 6.45) is -1.30. The van der Waals surface area contributed by atoms with Gasteiger partial charge in [0, 0.05) is 43.7 Å². The number of hydrogen-bond donors (Lipinski definition) is 0. The highest BCUT2D eigenvalue weighted by Gasteiger charge is 2.31. The number of methoxy groups -OCH3 is 1. The van der Waals surface area contributed by atoms with E-state index in [0.29, 0.717) is 29.4 Å². The van der Waals surface area contributed by atoms with Crippen molar-refractivity contribution in [2.24, 2.45) is 7.05 Å². The standard InChI is InChI=1S/C25H24Cl2F3N3O3/c1-31-21(23(27)24(34)33(31)18-4-6-19(7-5-18)36-25(28,29)30)11-14-32-12-9-16(10-13-32)20-15-17(26)3-8-22(20)35-2/h3-9,15H,10-14H2,1-2H3. The predicted molar refractivity (Wildman–Crippen MR) is 133 cm³/mol. The van der Waals surface area contributed by atoms with E-state index in [-0.39, 0.29) is 10.8 Å². The Labute approximate surface area is 216 Å². The summed E-state index contributed by atoms with van der Waals surface area (Å²) < 4.78 is 49.6. The van der Waals surface area contributed by atoms with Crippen LogP contribution >= 0.6 is 23.2 Å². The molecule has 0 unspecified atom stereocenters. The molecular formula is C25H24Cl2F3N3O3. The third-order valence-electron chi connectivity index (χ3n) is 6.10. The van der Waals surface area contributed by atoms with E-state index in [1.165, 1.54) is 22.4 Å². The molecule has 1 aliphatic heterocycles. The lowest BCUT2D eigenvalue weighted by Gasteiger charge is -2.27. The van der Waals surface area contributed by atoms with Crippen LogP contribution in [0.15, 0.2) is 53.3 Å². The molecule has 1 aliphatic rings. The Bertz CT molecular complexity index is 1330. The number of rotatable bonds is 7. The highest BCUT2D eigenvalue weighted by Crippen LogP contribution is 2.32. The molecule has 36 heavy (non-hydrogen) atoms. The van der Waals surface area contributed by atoms with Crippen LogP contribution in [-0.2, 0) is 13.5 Å². The maximum Gasteiger partial charge on any atom is 0.573 e. The summed E-state index contributed by atoms with van der Waals surface area (Å²) in [5.41, 5.74) is 2.74. The summed E-state index contributed by atoms with van der Waals surface area (Å²) in [7, 11) is 3.33. The molecule has 0 N–H and O–H groups in total. The van der Waals surface area contributed by atoms with Crippen molar-refractivity contribution >= 4 is 28.8 Å². The van der Waals surface area contributed by atoms with Crippen LogP contribution in [-0.4, -0.2) is 47.4 Å². The summed E-state index contributed by atoms with van der Waals surface area (Å²) in [5, 5.41) is 0.738. The number of halogens is 5. The largest absolute Gasteiger partial charge is 0.573 e. The lowest BCUT2D eigenvalue weighted by atomic mass is 9.98. The van der Waals surface area contributed by atoms with Crippen molar-refractivity contribution in [1.82, 2.24) is 14.3 Å². The number of hydrogen-bond acceptors (Lipinski definition) is 4. The monoisotopic (exact) mass is 541 g/mol. The second kappa shape index (κ2) is 10.6. The van der Waals surface area contributed by atoms with Gasteiger partial charge in [0.1, 0.15) is 16.5 Å². The Hall–Kier alpha value is -2.88. The van der Waals surface area contributed by atoms with Gasteiger partial charge in [-0.3, -0.25) is 14.4 Å². The van der Waals surface area contributed by atoms with Crippen LogP contribution in [0, 0.1) is 0 Å². The molecule has 0 spiro atoms. The van der Waals surface area contributed by atoms with Gasteiger partial charge in [0.15, 0.2) is 0 Å². The van der Waals surface area contributed by atoms with Crippen molar-refractivity contribution in [3.8, 4) is 17.2 Å². The van der Waals surface area contributed by atoms with Gasteiger partial charge >= 0.3 is 6.36 Å². The van der Waals surface area contributed by atoms with Gasteiger partial charge in [-0.05, 0) is 54.5 Å². The van der Waals surface area contributed by atoms with E-state index in [9.17, 15) is 18.0 Å². The number of alkyl halides is 3. The van der Waals surface area contributed by atoms with E-state index in [1.54, 1.807) is 24.9 Å². The second-order valence-electron chi connectivity index (χ2n) is 8.32. The molecule has 0 saturated carbocycles. The van der Waals surface area contributed by atoms with Gasteiger partial charge in [-0.1, -0.05) is 29.3 Å². The molecule has 0 atom stereocenters. The van der Waals surface area contributed by atoms with E-state index >= 15 is 0 Å². The third-order valence-corrected chi connectivity index (χ3v) is 6.72. The molecule has 11 heteroatoms. The molecule has 3 aromatic rings. The average Bonchev–Trinajstić information content (AvgIpc) is 3.05. The minimum absolute atomic E-state index is 0.0880. The molecule has 0 fully saturated rings. The van der Waals surface area contributed by atoms with Crippen LogP contribution < -0.4 is 15.0 Å². The van der Waals surface area contributed by atoms with E-state index in [4.69, 9.17) is 27.9 Å². The van der Waals surface area contributed by atoms with Crippen LogP contribution in [0.25, 0.3) is 11.3 Å². The first-order valence-corrected chi connectivity index (χ1v) is 11.9. The van der Waals surface area contributed by atoms with Crippen molar-refractivity contribution in [3.05, 3.63) is 80.2 Å². The van der Waals surface area contributed by atoms with Crippen molar-refractivity contribution in [2.75, 3.05) is 26.7 Å². The Morgan fingerprint density at radius 1 is 1.08 bits per heavy atom. The molecule has 0 radical (unpaired) electrons. The number of nitrogens with zero attached hydrogens (tertiary/aromatic N) is 3. The lowest BCUT2D eigenvalue weighted by molar-refractivity contribution is -0.274. The molecule has 192 valence electrons. The molecule has 0 bridgehead atoms. The summed E-state index contributed by atoms with van der Waals surface area (Å²) in [4.78, 5) is 15.1. The summed E-state index contributed by atoms with van der Waals surface area (Å²) >= 11 is 12.5. The predicted octanol–water partition coefficient (Wildman–Crippen LogP) is 5.72. The van der Waals surface area contributed by atoms with Crippen LogP contribution in [0.3, 0.4) is 0 Å². The van der Waals surface area contributed by atoms with E-state index in [2.05, 4.69) is 15.7 Å². The molecule has 2 aromatic carbocycles. The quantitative estimate of drug-likeness (QED) is 0.383. The molecule has 0 aliphatic carbocycles. The Balaban J connectivity index is 1.46. The molecule has 0 saturated heterocycles. The molecule has 0 amide bonds. The summed E-state index contributed by atoms with van der Waals surface area (Å²) in [6.45, 7) is 2.21. The topological polar surface area (TPSA) is 48.6 Å². The Kier molecular flexibility index (Phi) is 7.73. The average molecular weight is 542 g/mol. The lowest BCUT2D eigenvalue weighted by Crippen LogP contribution is -2.31. The van der Waals surface area contributed by atoms with Gasteiger partial charge in [0.05, 0.1) is 18.5 Å². The van der Waals surface area contributed by atoms with Crippen molar-refractivity contribution in [3.63, 3.8) is 0 Å². The SMILES string of the molecule is COc1ccc(Cl)cc1C1=CCN(CCc2c(Cl)c(=O)n(-c3ccc(OC(F)(F)F)cc3)n2C)CC1. The van der Waals surface area contributed by atoms with Gasteiger partial charge in [0.2, 0.25) is 0 Å². The van der Waals surface area contributed by atoms with Gasteiger partial charge < -0.3 is 9.47 Å². The summed E-state index contributed by atoms with van der Waals surface area (Å²) in [6, 6.07) is 10.6. The van der Waals surface area contributed by atoms with Gasteiger partial charge in [-0.25, -0.2) is 4.68 Å². The molecule has 4 rings (SSSR count). The van der Waals surface area contributed by atoms with Crippen LogP contribution in [0.2, 0.25) is 10.0 Å². The smallest absolute Gasteiger partial charge is 0.496 e. The maximum absolute atomic E-state index is 12.8. The number of ether oxygens (including phenoxy) is 2. The molecule has 6 nitrogen and oxygen atoms in total. The zero-order chi connectivity index (χ0) is 26.0. The number of benzene rings is 2. The van der Waals surface area contributed by atoms with E-state index in [1.807, 2.05) is 12.1 Å². The third kappa shape index (κ3) is 5.74. The van der Waals surface area contributed by atoms with Crippen LogP contribution in [0.1, 0.15) is 17.7 Å². The van der Waals surface area contributed by atoms with Crippen molar-refractivity contribution < 1.29 is 22.6 Å². The minimum Gasteiger partial charge on any atom is -0.496 e. The van der Waals surface area contributed by atoms with Crippen molar-refractivity contribution in [2.45, 2.75) is 19.2 Å². The highest BCUT2D eigenvalue weighted by atomic mass is 35.5. The fraction of sp³-hybridized carbons (Fsp3) is 0.320. The molecule has 1 aromatic heterocycles. The Morgan fingerprint density at radius 3 is 2.42 bits per heavy atom. The maximum atomic E-state index is 12.8. The zero-order valence-electron chi connectivity index (χ0n) is 19.6. The fourth-order valence-corrected chi connectivity index (χ4v) is 4.79. The highest BCUT2D eigenvalue weighted by molar-refractivity contribution is 6.31. The number of aromatic nitrogens is 2. The van der Waals surface area contributed by atoms with Crippen molar-refractivity contribution in [1.29, 1.82) is 0 Å². The van der Waals surface area contributed by atoms with Gasteiger partial charge in [0.25, 0.3) is 5.56 Å². The van der Waals surface area contributed by atoms with Crippen LogP contribution in [0.4, 0.5) is 13.2 Å². The van der Waals surface area contributed by atoms with Gasteiger partial charge in [-0.15, -0.1) is 13.2 Å². The van der Waals surface area contributed by atoms with E-state index in [0.717, 1.165) is 43.0 Å². The first-order chi connectivity index (χ1) is 17.1. The van der Waals surface area contributed by atoms with Crippen LogP contribution in [0.5, 0.6) is 11.5 Å². The normalized spacial score (nSPS) is 14.6. The first kappa shape index (κ1) is 26.2. The minimum atomic E-state index is -4.79. The molecular weight excluding hydrogens is 518 g/mol. The zero-order valence-corrected chi connectivity index (χ0v) is 21.1. The Morgan fingerprint density at radius 2 is 1.81 bits per heavy atom.